The van der Waals surface area contributed by atoms with Gasteiger partial charge in [0.05, 0.1) is 6.42 Å². The number of amides is 1. The number of nitrogens with zero attached hydrogens (tertiary/aromatic N) is 4. The molecule has 3 aromatic rings. The molecular formula is C27H28N4O2. The summed E-state index contributed by atoms with van der Waals surface area (Å²) in [5.74, 6) is 0.379. The second-order valence-corrected chi connectivity index (χ2v) is 9.40. The molecule has 4 rings (SSSR count). The van der Waals surface area contributed by atoms with Crippen molar-refractivity contribution >= 4 is 17.5 Å². The monoisotopic (exact) mass is 440 g/mol. The number of aromatic nitrogens is 2. The molecule has 6 heteroatoms. The molecule has 3 heterocycles. The predicted octanol–water partition coefficient (Wildman–Crippen LogP) is 4.31. The lowest BCUT2D eigenvalue weighted by molar-refractivity contribution is -0.134. The normalized spacial score (nSPS) is 15.4. The van der Waals surface area contributed by atoms with E-state index in [1.807, 2.05) is 63.2 Å². The number of aliphatic imine (C=N–C) groups is 1. The average Bonchev–Trinajstić information content (AvgIpc) is 3.06. The number of pyridine rings is 2. The molecule has 0 atom stereocenters. The number of ketones is 1. The third-order valence-electron chi connectivity index (χ3n) is 5.78. The molecule has 0 aliphatic carbocycles. The summed E-state index contributed by atoms with van der Waals surface area (Å²) in [7, 11) is 0. The first kappa shape index (κ1) is 22.5. The van der Waals surface area contributed by atoms with Crippen LogP contribution in [0.4, 0.5) is 0 Å². The largest absolute Gasteiger partial charge is 0.294 e. The van der Waals surface area contributed by atoms with Gasteiger partial charge in [0.25, 0.3) is 5.91 Å². The first-order chi connectivity index (χ1) is 15.8. The summed E-state index contributed by atoms with van der Waals surface area (Å²) in [5.41, 5.74) is 0.997. The topological polar surface area (TPSA) is 75.5 Å². The molecule has 0 N–H and O–H groups in total. The van der Waals surface area contributed by atoms with Crippen LogP contribution in [-0.2, 0) is 17.6 Å². The van der Waals surface area contributed by atoms with Gasteiger partial charge in [0.2, 0.25) is 0 Å². The van der Waals surface area contributed by atoms with Crippen molar-refractivity contribution in [3.8, 4) is 0 Å². The van der Waals surface area contributed by atoms with E-state index in [0.29, 0.717) is 24.2 Å². The molecule has 0 fully saturated rings. The minimum Gasteiger partial charge on any atom is -0.294 e. The fourth-order valence-electron chi connectivity index (χ4n) is 4.32. The molecule has 0 unspecified atom stereocenters. The van der Waals surface area contributed by atoms with Crippen LogP contribution in [0.15, 0.2) is 84.4 Å². The van der Waals surface area contributed by atoms with Gasteiger partial charge in [-0.15, -0.1) is 0 Å². The van der Waals surface area contributed by atoms with Crippen LogP contribution in [0.1, 0.15) is 48.7 Å². The van der Waals surface area contributed by atoms with Crippen LogP contribution >= 0.6 is 0 Å². The van der Waals surface area contributed by atoms with Crippen molar-refractivity contribution in [1.82, 2.24) is 14.9 Å². The molecule has 168 valence electrons. The number of hydrogen-bond acceptors (Lipinski definition) is 5. The fraction of sp³-hybridized carbons (Fsp3) is 0.296. The Morgan fingerprint density at radius 1 is 0.848 bits per heavy atom. The second-order valence-electron chi connectivity index (χ2n) is 9.40. The van der Waals surface area contributed by atoms with Gasteiger partial charge in [0.15, 0.2) is 5.78 Å². The lowest BCUT2D eigenvalue weighted by Crippen LogP contribution is -2.53. The van der Waals surface area contributed by atoms with E-state index < -0.39 is 11.1 Å². The molecule has 33 heavy (non-hydrogen) atoms. The second kappa shape index (κ2) is 9.06. The van der Waals surface area contributed by atoms with E-state index in [4.69, 9.17) is 4.99 Å². The standard InChI is InChI=1S/C27H28N4O2/c1-26(2,3)31-24(17-23(32)22-7-5-4-6-8-22)30-27(25(31)33,18-20-9-13-28-14-10-20)19-21-11-15-29-16-12-21/h4-16H,17-19H2,1-3H3. The van der Waals surface area contributed by atoms with Gasteiger partial charge < -0.3 is 0 Å². The lowest BCUT2D eigenvalue weighted by atomic mass is 9.84. The summed E-state index contributed by atoms with van der Waals surface area (Å²) in [6, 6.07) is 16.8. The number of carbonyl (C=O) groups is 2. The van der Waals surface area contributed by atoms with Crippen LogP contribution in [0, 0.1) is 0 Å². The first-order valence-electron chi connectivity index (χ1n) is 11.1. The van der Waals surface area contributed by atoms with Crippen LogP contribution in [0.2, 0.25) is 0 Å². The van der Waals surface area contributed by atoms with Crippen molar-refractivity contribution in [3.63, 3.8) is 0 Å². The minimum atomic E-state index is -1.04. The van der Waals surface area contributed by atoms with E-state index in [0.717, 1.165) is 11.1 Å². The molecule has 1 aliphatic rings. The Bertz CT molecular complexity index is 1110. The summed E-state index contributed by atoms with van der Waals surface area (Å²) in [4.78, 5) is 42.1. The van der Waals surface area contributed by atoms with E-state index >= 15 is 0 Å². The van der Waals surface area contributed by atoms with Crippen molar-refractivity contribution in [2.45, 2.75) is 51.1 Å². The summed E-state index contributed by atoms with van der Waals surface area (Å²) in [6.45, 7) is 5.92. The molecule has 1 aromatic carbocycles. The number of hydrogen-bond donors (Lipinski definition) is 0. The van der Waals surface area contributed by atoms with Gasteiger partial charge >= 0.3 is 0 Å². The first-order valence-corrected chi connectivity index (χ1v) is 11.1. The van der Waals surface area contributed by atoms with Crippen LogP contribution in [0.5, 0.6) is 0 Å². The van der Waals surface area contributed by atoms with Gasteiger partial charge in [-0.25, -0.2) is 0 Å². The van der Waals surface area contributed by atoms with Crippen molar-refractivity contribution in [2.24, 2.45) is 4.99 Å². The maximum atomic E-state index is 14.1. The third kappa shape index (κ3) is 4.90. The highest BCUT2D eigenvalue weighted by Gasteiger charge is 2.51. The van der Waals surface area contributed by atoms with Gasteiger partial charge in [-0.05, 0) is 56.2 Å². The summed E-state index contributed by atoms with van der Waals surface area (Å²) >= 11 is 0. The maximum absolute atomic E-state index is 14.1. The van der Waals surface area contributed by atoms with E-state index in [1.165, 1.54) is 0 Å². The number of Topliss-reactive ketones (excluding diaryl/α,β-unsaturated/α-hetero) is 1. The van der Waals surface area contributed by atoms with Crippen molar-refractivity contribution in [3.05, 3.63) is 96.1 Å². The average molecular weight is 441 g/mol. The van der Waals surface area contributed by atoms with Gasteiger partial charge in [-0.3, -0.25) is 29.4 Å². The van der Waals surface area contributed by atoms with Crippen LogP contribution in [0.25, 0.3) is 0 Å². The van der Waals surface area contributed by atoms with Crippen LogP contribution < -0.4 is 0 Å². The van der Waals surface area contributed by atoms with E-state index in [9.17, 15) is 9.59 Å². The molecular weight excluding hydrogens is 412 g/mol. The molecule has 0 saturated heterocycles. The molecule has 1 aliphatic heterocycles. The molecule has 0 spiro atoms. The van der Waals surface area contributed by atoms with Crippen molar-refractivity contribution < 1.29 is 9.59 Å². The molecule has 0 radical (unpaired) electrons. The predicted molar refractivity (Wildman–Crippen MR) is 128 cm³/mol. The zero-order valence-electron chi connectivity index (χ0n) is 19.2. The lowest BCUT2D eigenvalue weighted by Gasteiger charge is -2.35. The van der Waals surface area contributed by atoms with Gasteiger partial charge in [-0.1, -0.05) is 30.3 Å². The molecule has 1 amide bonds. The SMILES string of the molecule is CC(C)(C)N1C(=O)C(Cc2ccncc2)(Cc2ccncc2)N=C1CC(=O)c1ccccc1. The Kier molecular flexibility index (Phi) is 6.18. The smallest absolute Gasteiger partial charge is 0.257 e. The van der Waals surface area contributed by atoms with Crippen molar-refractivity contribution in [2.75, 3.05) is 0 Å². The molecule has 2 aromatic heterocycles. The maximum Gasteiger partial charge on any atom is 0.257 e. The Labute approximate surface area is 194 Å². The zero-order valence-corrected chi connectivity index (χ0v) is 19.2. The number of benzene rings is 1. The van der Waals surface area contributed by atoms with Gasteiger partial charge in [0.1, 0.15) is 11.4 Å². The molecule has 0 saturated carbocycles. The van der Waals surface area contributed by atoms with E-state index in [1.54, 1.807) is 41.8 Å². The van der Waals surface area contributed by atoms with Gasteiger partial charge in [-0.2, -0.15) is 0 Å². The Hall–Kier alpha value is -3.67. The summed E-state index contributed by atoms with van der Waals surface area (Å²) in [5, 5.41) is 0. The van der Waals surface area contributed by atoms with E-state index in [-0.39, 0.29) is 18.1 Å². The minimum absolute atomic E-state index is 0.0555. The number of rotatable bonds is 7. The Morgan fingerprint density at radius 2 is 1.36 bits per heavy atom. The highest BCUT2D eigenvalue weighted by molar-refractivity contribution is 6.17. The summed E-state index contributed by atoms with van der Waals surface area (Å²) in [6.07, 6.45) is 7.81. The zero-order chi connectivity index (χ0) is 23.5. The molecule has 6 nitrogen and oxygen atoms in total. The van der Waals surface area contributed by atoms with Gasteiger partial charge in [0, 0.05) is 48.7 Å². The highest BCUT2D eigenvalue weighted by atomic mass is 16.2. The van der Waals surface area contributed by atoms with E-state index in [2.05, 4.69) is 9.97 Å². The fourth-order valence-corrected chi connectivity index (χ4v) is 4.32. The third-order valence-corrected chi connectivity index (χ3v) is 5.78. The van der Waals surface area contributed by atoms with Crippen LogP contribution in [0.3, 0.4) is 0 Å². The molecule has 0 bridgehead atoms. The quantitative estimate of drug-likeness (QED) is 0.513. The number of carbonyl (C=O) groups excluding carboxylic acids is 2. The van der Waals surface area contributed by atoms with Crippen molar-refractivity contribution in [1.29, 1.82) is 0 Å². The number of amidine groups is 1. The summed E-state index contributed by atoms with van der Waals surface area (Å²) < 4.78 is 0. The highest BCUT2D eigenvalue weighted by Crippen LogP contribution is 2.36. The van der Waals surface area contributed by atoms with Crippen LogP contribution in [-0.4, -0.2) is 43.5 Å². The Balaban J connectivity index is 1.78. The Morgan fingerprint density at radius 3 is 1.85 bits per heavy atom.